The molecule has 2 fully saturated rings. The molecule has 0 spiro atoms. The van der Waals surface area contributed by atoms with Crippen LogP contribution in [0.3, 0.4) is 0 Å². The monoisotopic (exact) mass is 896 g/mol. The number of benzene rings is 4. The Kier molecular flexibility index (Phi) is 19.9. The van der Waals surface area contributed by atoms with Gasteiger partial charge in [-0.1, -0.05) is 134 Å². The number of thioether (sulfide) groups is 4. The van der Waals surface area contributed by atoms with Crippen LogP contribution in [0.15, 0.2) is 131 Å². The number of carbonyl (C=O) groups is 6. The zero-order chi connectivity index (χ0) is 41.6. The van der Waals surface area contributed by atoms with Crippen LogP contribution in [0.1, 0.15) is 47.4 Å². The molecule has 6 rings (SSSR count). The summed E-state index contributed by atoms with van der Waals surface area (Å²) < 4.78 is 0. The van der Waals surface area contributed by atoms with Crippen LogP contribution in [0, 0.1) is 11.8 Å². The number of nitrogens with zero attached hydrogens (tertiary/aromatic N) is 2. The molecule has 4 aromatic rings. The largest absolute Gasteiger partial charge is 2.00 e. The smallest absolute Gasteiger partial charge is 0.548 e. The van der Waals surface area contributed by atoms with E-state index in [1.807, 2.05) is 72.8 Å². The average Bonchev–Trinajstić information content (AvgIpc) is 3.87. The molecule has 0 bridgehead atoms. The van der Waals surface area contributed by atoms with Crippen molar-refractivity contribution in [2.45, 2.75) is 59.1 Å². The molecule has 2 aliphatic rings. The third-order valence-electron chi connectivity index (χ3n) is 9.52. The van der Waals surface area contributed by atoms with Crippen molar-refractivity contribution >= 4 is 119 Å². The van der Waals surface area contributed by atoms with Crippen molar-refractivity contribution in [1.82, 2.24) is 9.80 Å². The van der Waals surface area contributed by atoms with Gasteiger partial charge in [-0.25, -0.2) is 0 Å². The van der Waals surface area contributed by atoms with E-state index in [9.17, 15) is 39.0 Å². The molecule has 4 aromatic carbocycles. The van der Waals surface area contributed by atoms with Crippen molar-refractivity contribution in [3.8, 4) is 0 Å². The number of carbonyl (C=O) groups excluding carboxylic acids is 6. The van der Waals surface area contributed by atoms with Crippen LogP contribution < -0.4 is 10.2 Å². The predicted octanol–water partition coefficient (Wildman–Crippen LogP) is 5.03. The molecule has 0 radical (unpaired) electrons. The number of rotatable bonds is 14. The first kappa shape index (κ1) is 48.4. The molecule has 0 unspecified atom stereocenters. The van der Waals surface area contributed by atoms with Gasteiger partial charge in [0.2, 0.25) is 22.0 Å². The Morgan fingerprint density at radius 1 is 0.542 bits per heavy atom. The van der Waals surface area contributed by atoms with Crippen molar-refractivity contribution in [2.24, 2.45) is 11.8 Å². The fourth-order valence-electron chi connectivity index (χ4n) is 6.51. The summed E-state index contributed by atoms with van der Waals surface area (Å²) in [6.45, 7) is 4.19. The van der Waals surface area contributed by atoms with E-state index in [0.29, 0.717) is 48.6 Å². The molecule has 2 heterocycles. The van der Waals surface area contributed by atoms with Gasteiger partial charge in [-0.05, 0) is 37.1 Å². The van der Waals surface area contributed by atoms with E-state index in [4.69, 9.17) is 0 Å². The van der Waals surface area contributed by atoms with E-state index in [1.54, 1.807) is 85.9 Å². The molecule has 2 amide bonds. The Bertz CT molecular complexity index is 1870. The minimum absolute atomic E-state index is 0. The van der Waals surface area contributed by atoms with Crippen LogP contribution in [0.4, 0.5) is 0 Å². The predicted molar refractivity (Wildman–Crippen MR) is 233 cm³/mol. The van der Waals surface area contributed by atoms with Gasteiger partial charge in [0.1, 0.15) is 0 Å². The van der Waals surface area contributed by atoms with E-state index in [1.165, 1.54) is 9.80 Å². The number of amides is 2. The van der Waals surface area contributed by atoms with Gasteiger partial charge in [0, 0.05) is 67.8 Å². The van der Waals surface area contributed by atoms with E-state index < -0.39 is 35.9 Å². The maximum absolute atomic E-state index is 12.9. The van der Waals surface area contributed by atoms with E-state index in [0.717, 1.165) is 33.3 Å². The quantitative estimate of drug-likeness (QED) is 0.156. The van der Waals surface area contributed by atoms with Crippen LogP contribution in [-0.4, -0.2) is 129 Å². The number of aliphatic carboxylic acids is 2. The van der Waals surface area contributed by atoms with E-state index in [-0.39, 0.29) is 70.3 Å². The van der Waals surface area contributed by atoms with E-state index >= 15 is 0 Å². The minimum atomic E-state index is -1.23. The summed E-state index contributed by atoms with van der Waals surface area (Å²) in [6.07, 6.45) is 0.715. The second-order valence-corrected chi connectivity index (χ2v) is 18.7. The van der Waals surface area contributed by atoms with Crippen LogP contribution in [0.25, 0.3) is 0 Å². The fraction of sp³-hybridized carbons (Fsp3) is 0.318. The standard InChI is InChI=1S/2C22H23NO4S2.Ca/c2*1-15(14-28-22(27)16-8-4-2-5-9-16)20(24)23-13-18(12-19(23)21(25)26)29-17-10-6-3-7-11-17;/h2*2-11,15,18-19H,12-14H2,1H3,(H,25,26);/q;;+2/p-2/t15-,18+,19+;15-,18-,19+;/m01./s1. The molecule has 2 aliphatic heterocycles. The summed E-state index contributed by atoms with van der Waals surface area (Å²) in [5.74, 6) is -3.26. The average molecular weight is 897 g/mol. The molecule has 0 N–H and O–H groups in total. The van der Waals surface area contributed by atoms with Crippen molar-refractivity contribution in [1.29, 1.82) is 0 Å². The van der Waals surface area contributed by atoms with Crippen molar-refractivity contribution in [2.75, 3.05) is 24.6 Å². The van der Waals surface area contributed by atoms with Crippen LogP contribution in [0.2, 0.25) is 0 Å². The normalized spacial score (nSPS) is 19.4. The molecule has 0 aromatic heterocycles. The number of hydrogen-bond acceptors (Lipinski definition) is 12. The maximum atomic E-state index is 12.9. The molecule has 2 saturated heterocycles. The summed E-state index contributed by atoms with van der Waals surface area (Å²) in [5.41, 5.74) is 1.18. The third-order valence-corrected chi connectivity index (χ3v) is 14.3. The second kappa shape index (κ2) is 24.3. The van der Waals surface area contributed by atoms with Gasteiger partial charge in [-0.15, -0.1) is 23.5 Å². The van der Waals surface area contributed by atoms with Gasteiger partial charge >= 0.3 is 37.7 Å². The van der Waals surface area contributed by atoms with Gasteiger partial charge < -0.3 is 29.6 Å². The van der Waals surface area contributed by atoms with Gasteiger partial charge in [0.05, 0.1) is 24.0 Å². The molecule has 0 aliphatic carbocycles. The van der Waals surface area contributed by atoms with Crippen molar-refractivity contribution < 1.29 is 39.0 Å². The van der Waals surface area contributed by atoms with Gasteiger partial charge in [-0.2, -0.15) is 0 Å². The second-order valence-electron chi connectivity index (χ2n) is 14.0. The van der Waals surface area contributed by atoms with Crippen LogP contribution in [-0.2, 0) is 19.2 Å². The summed E-state index contributed by atoms with van der Waals surface area (Å²) in [4.78, 5) is 78.5. The molecule has 0 saturated carbocycles. The molecule has 10 nitrogen and oxygen atoms in total. The molecule has 59 heavy (non-hydrogen) atoms. The third kappa shape index (κ3) is 14.4. The van der Waals surface area contributed by atoms with E-state index in [2.05, 4.69) is 0 Å². The Balaban J connectivity index is 0.000000256. The summed E-state index contributed by atoms with van der Waals surface area (Å²) in [7, 11) is 0. The minimum Gasteiger partial charge on any atom is -0.548 e. The summed E-state index contributed by atoms with van der Waals surface area (Å²) in [6, 6.07) is 35.4. The molecular weight excluding hydrogens is 853 g/mol. The number of hydrogen-bond donors (Lipinski definition) is 0. The van der Waals surface area contributed by atoms with Gasteiger partial charge in [0.25, 0.3) is 0 Å². The van der Waals surface area contributed by atoms with Gasteiger partial charge in [-0.3, -0.25) is 19.2 Å². The Morgan fingerprint density at radius 2 is 0.847 bits per heavy atom. The molecular formula is C44H44CaN2O8S4. The number of carboxylic acid groups (broad SMARTS) is 2. The SMILES string of the molecule is C[C@@H](CSC(=O)c1ccccc1)C(=O)N1C[C@H](Sc2ccccc2)C[C@@H]1C(=O)[O-].C[C@H](CSC(=O)c1ccccc1)C(=O)N1C[C@H](Sc2ccccc2)C[C@H]1C(=O)[O-].[Ca+2]. The topological polar surface area (TPSA) is 155 Å². The Hall–Kier alpha value is -3.24. The van der Waals surface area contributed by atoms with Crippen molar-refractivity contribution in [3.63, 3.8) is 0 Å². The number of likely N-dealkylation sites (tertiary alicyclic amines) is 2. The maximum Gasteiger partial charge on any atom is 2.00 e. The number of carboxylic acids is 2. The Labute approximate surface area is 392 Å². The Morgan fingerprint density at radius 3 is 1.15 bits per heavy atom. The first-order valence-electron chi connectivity index (χ1n) is 18.8. The molecule has 15 heteroatoms. The first-order valence-corrected chi connectivity index (χ1v) is 22.5. The summed E-state index contributed by atoms with van der Waals surface area (Å²) in [5, 5.41) is 23.0. The molecule has 304 valence electrons. The first-order chi connectivity index (χ1) is 27.9. The molecule has 6 atom stereocenters. The van der Waals surface area contributed by atoms with Crippen LogP contribution in [0.5, 0.6) is 0 Å². The zero-order valence-corrected chi connectivity index (χ0v) is 38.2. The summed E-state index contributed by atoms with van der Waals surface area (Å²) >= 11 is 5.32. The van der Waals surface area contributed by atoms with Crippen LogP contribution >= 0.6 is 47.0 Å². The van der Waals surface area contributed by atoms with Gasteiger partial charge in [0.15, 0.2) is 0 Å². The fourth-order valence-corrected chi connectivity index (χ4v) is 10.6. The zero-order valence-electron chi connectivity index (χ0n) is 32.8. The van der Waals surface area contributed by atoms with Crippen molar-refractivity contribution in [3.05, 3.63) is 132 Å².